The summed E-state index contributed by atoms with van der Waals surface area (Å²) < 4.78 is 37.9. The Balaban J connectivity index is 1.56. The van der Waals surface area contributed by atoms with Crippen LogP contribution >= 0.6 is 0 Å². The van der Waals surface area contributed by atoms with E-state index < -0.39 is 17.7 Å². The predicted molar refractivity (Wildman–Crippen MR) is 88.5 cm³/mol. The van der Waals surface area contributed by atoms with Crippen molar-refractivity contribution in [2.24, 2.45) is 11.8 Å². The fourth-order valence-electron chi connectivity index (χ4n) is 3.82. The fourth-order valence-corrected chi connectivity index (χ4v) is 3.82. The molecule has 142 valence electrons. The minimum atomic E-state index is -4.35. The number of alkyl halides is 3. The molecule has 0 spiro atoms. The average Bonchev–Trinajstić information content (AvgIpc) is 3.39. The van der Waals surface area contributed by atoms with Gasteiger partial charge in [-0.1, -0.05) is 12.1 Å². The molecule has 1 saturated carbocycles. The molecule has 1 aromatic carbocycles. The SMILES string of the molecule is O=C(O)CC[C@@H]1CCCN(C(=O)[C@H]2C[C@H]2c2ccc(C(F)(F)F)cc2)C1. The number of aliphatic carboxylic acids is 1. The zero-order valence-corrected chi connectivity index (χ0v) is 14.3. The summed E-state index contributed by atoms with van der Waals surface area (Å²) in [6.07, 6.45) is -1.19. The lowest BCUT2D eigenvalue weighted by Gasteiger charge is -2.33. The molecule has 2 fully saturated rings. The quantitative estimate of drug-likeness (QED) is 0.856. The Morgan fingerprint density at radius 3 is 2.50 bits per heavy atom. The Hall–Kier alpha value is -2.05. The number of hydrogen-bond acceptors (Lipinski definition) is 2. The first-order chi connectivity index (χ1) is 12.3. The molecule has 0 bridgehead atoms. The summed E-state index contributed by atoms with van der Waals surface area (Å²) >= 11 is 0. The smallest absolute Gasteiger partial charge is 0.416 e. The topological polar surface area (TPSA) is 57.6 Å². The van der Waals surface area contributed by atoms with E-state index in [0.29, 0.717) is 25.9 Å². The molecule has 2 aliphatic rings. The number of piperidine rings is 1. The van der Waals surface area contributed by atoms with Crippen molar-refractivity contribution < 1.29 is 27.9 Å². The lowest BCUT2D eigenvalue weighted by atomic mass is 9.93. The van der Waals surface area contributed by atoms with Gasteiger partial charge in [0.05, 0.1) is 5.56 Å². The van der Waals surface area contributed by atoms with Crippen LogP contribution in [0.15, 0.2) is 24.3 Å². The van der Waals surface area contributed by atoms with Crippen molar-refractivity contribution in [3.05, 3.63) is 35.4 Å². The van der Waals surface area contributed by atoms with Crippen LogP contribution in [0.4, 0.5) is 13.2 Å². The van der Waals surface area contributed by atoms with Gasteiger partial charge in [0.1, 0.15) is 0 Å². The number of carbonyl (C=O) groups is 2. The summed E-state index contributed by atoms with van der Waals surface area (Å²) in [5.41, 5.74) is 0.0952. The highest BCUT2D eigenvalue weighted by molar-refractivity contribution is 5.83. The van der Waals surface area contributed by atoms with E-state index in [2.05, 4.69) is 0 Å². The summed E-state index contributed by atoms with van der Waals surface area (Å²) in [5, 5.41) is 8.80. The number of hydrogen-bond donors (Lipinski definition) is 1. The van der Waals surface area contributed by atoms with Gasteiger partial charge in [-0.2, -0.15) is 13.2 Å². The van der Waals surface area contributed by atoms with Gasteiger partial charge in [-0.25, -0.2) is 0 Å². The summed E-state index contributed by atoms with van der Waals surface area (Å²) in [5.74, 6) is -0.728. The molecule has 3 atom stereocenters. The Bertz CT molecular complexity index is 672. The van der Waals surface area contributed by atoms with Crippen molar-refractivity contribution in [2.75, 3.05) is 13.1 Å². The van der Waals surface area contributed by atoms with Crippen molar-refractivity contribution >= 4 is 11.9 Å². The third-order valence-electron chi connectivity index (χ3n) is 5.37. The second kappa shape index (κ2) is 7.29. The van der Waals surface area contributed by atoms with E-state index in [1.165, 1.54) is 12.1 Å². The lowest BCUT2D eigenvalue weighted by Crippen LogP contribution is -2.41. The normalized spacial score (nSPS) is 25.8. The van der Waals surface area contributed by atoms with E-state index in [9.17, 15) is 22.8 Å². The van der Waals surface area contributed by atoms with Crippen LogP contribution < -0.4 is 0 Å². The number of carboxylic acid groups (broad SMARTS) is 1. The fraction of sp³-hybridized carbons (Fsp3) is 0.579. The average molecular weight is 369 g/mol. The van der Waals surface area contributed by atoms with Gasteiger partial charge in [0, 0.05) is 25.4 Å². The number of amides is 1. The zero-order chi connectivity index (χ0) is 18.9. The van der Waals surface area contributed by atoms with Crippen LogP contribution in [0.5, 0.6) is 0 Å². The van der Waals surface area contributed by atoms with E-state index in [4.69, 9.17) is 5.11 Å². The second-order valence-electron chi connectivity index (χ2n) is 7.29. The van der Waals surface area contributed by atoms with E-state index in [1.807, 2.05) is 4.90 Å². The van der Waals surface area contributed by atoms with Crippen LogP contribution in [0.3, 0.4) is 0 Å². The minimum absolute atomic E-state index is 0.0100. The van der Waals surface area contributed by atoms with Crippen molar-refractivity contribution in [1.82, 2.24) is 4.90 Å². The van der Waals surface area contributed by atoms with Gasteiger partial charge in [-0.15, -0.1) is 0 Å². The molecule has 1 aliphatic carbocycles. The van der Waals surface area contributed by atoms with Gasteiger partial charge in [0.15, 0.2) is 0 Å². The molecule has 1 saturated heterocycles. The van der Waals surface area contributed by atoms with Crippen LogP contribution in [0.2, 0.25) is 0 Å². The van der Waals surface area contributed by atoms with Gasteiger partial charge >= 0.3 is 12.1 Å². The van der Waals surface area contributed by atoms with Crippen LogP contribution in [-0.2, 0) is 15.8 Å². The Labute approximate surface area is 150 Å². The van der Waals surface area contributed by atoms with Crippen LogP contribution in [-0.4, -0.2) is 35.0 Å². The molecule has 1 aromatic rings. The number of benzene rings is 1. The Morgan fingerprint density at radius 2 is 1.88 bits per heavy atom. The molecule has 1 aliphatic heterocycles. The van der Waals surface area contributed by atoms with Crippen molar-refractivity contribution in [1.29, 1.82) is 0 Å². The maximum Gasteiger partial charge on any atom is 0.416 e. The monoisotopic (exact) mass is 369 g/mol. The summed E-state index contributed by atoms with van der Waals surface area (Å²) in [6, 6.07) is 5.06. The largest absolute Gasteiger partial charge is 0.481 e. The first-order valence-corrected chi connectivity index (χ1v) is 8.93. The van der Waals surface area contributed by atoms with Gasteiger partial charge in [0.25, 0.3) is 0 Å². The molecular formula is C19H22F3NO3. The first-order valence-electron chi connectivity index (χ1n) is 8.93. The summed E-state index contributed by atoms with van der Waals surface area (Å²) in [6.45, 7) is 1.26. The van der Waals surface area contributed by atoms with Gasteiger partial charge in [0.2, 0.25) is 5.91 Å². The van der Waals surface area contributed by atoms with Crippen LogP contribution in [0.25, 0.3) is 0 Å². The molecule has 1 N–H and O–H groups in total. The third kappa shape index (κ3) is 4.37. The molecule has 7 heteroatoms. The highest BCUT2D eigenvalue weighted by Gasteiger charge is 2.46. The number of nitrogens with zero attached hydrogens (tertiary/aromatic N) is 1. The number of carbonyl (C=O) groups excluding carboxylic acids is 1. The maximum atomic E-state index is 12.7. The van der Waals surface area contributed by atoms with Gasteiger partial charge in [-0.05, 0) is 55.2 Å². The number of rotatable bonds is 5. The van der Waals surface area contributed by atoms with E-state index >= 15 is 0 Å². The number of carboxylic acids is 1. The van der Waals surface area contributed by atoms with Gasteiger partial charge < -0.3 is 10.0 Å². The van der Waals surface area contributed by atoms with Crippen LogP contribution in [0.1, 0.15) is 49.1 Å². The van der Waals surface area contributed by atoms with Crippen molar-refractivity contribution in [3.63, 3.8) is 0 Å². The summed E-state index contributed by atoms with van der Waals surface area (Å²) in [7, 11) is 0. The molecule has 0 unspecified atom stereocenters. The van der Waals surface area contributed by atoms with Crippen molar-refractivity contribution in [2.45, 2.75) is 44.2 Å². The van der Waals surface area contributed by atoms with Crippen molar-refractivity contribution in [3.8, 4) is 0 Å². The van der Waals surface area contributed by atoms with Crippen LogP contribution in [0, 0.1) is 11.8 Å². The number of halogens is 3. The molecule has 1 amide bonds. The van der Waals surface area contributed by atoms with Gasteiger partial charge in [-0.3, -0.25) is 9.59 Å². The maximum absolute atomic E-state index is 12.7. The molecular weight excluding hydrogens is 347 g/mol. The Morgan fingerprint density at radius 1 is 1.19 bits per heavy atom. The molecule has 4 nitrogen and oxygen atoms in total. The summed E-state index contributed by atoms with van der Waals surface area (Å²) in [4.78, 5) is 25.2. The molecule has 3 rings (SSSR count). The Kier molecular flexibility index (Phi) is 5.25. The highest BCUT2D eigenvalue weighted by Crippen LogP contribution is 2.49. The lowest BCUT2D eigenvalue weighted by molar-refractivity contribution is -0.138. The minimum Gasteiger partial charge on any atom is -0.481 e. The molecule has 0 aromatic heterocycles. The first kappa shape index (κ1) is 18.7. The second-order valence-corrected chi connectivity index (χ2v) is 7.29. The molecule has 26 heavy (non-hydrogen) atoms. The van der Waals surface area contributed by atoms with E-state index in [0.717, 1.165) is 30.5 Å². The van der Waals surface area contributed by atoms with E-state index in [1.54, 1.807) is 0 Å². The molecule has 0 radical (unpaired) electrons. The van der Waals surface area contributed by atoms with E-state index in [-0.39, 0.29) is 30.1 Å². The predicted octanol–water partition coefficient (Wildman–Crippen LogP) is 3.91. The third-order valence-corrected chi connectivity index (χ3v) is 5.37. The molecule has 1 heterocycles. The zero-order valence-electron chi connectivity index (χ0n) is 14.3. The standard InChI is InChI=1S/C19H22F3NO3/c20-19(21,22)14-6-4-13(5-7-14)15-10-16(15)18(26)23-9-1-2-12(11-23)3-8-17(24)25/h4-7,12,15-16H,1-3,8-11H2,(H,24,25)/t12-,15-,16-/m0/s1. The highest BCUT2D eigenvalue weighted by atomic mass is 19.4. The number of likely N-dealkylation sites (tertiary alicyclic amines) is 1.